The van der Waals surface area contributed by atoms with Crippen LogP contribution in [-0.2, 0) is 19.5 Å². The summed E-state index contributed by atoms with van der Waals surface area (Å²) in [7, 11) is 0. The highest BCUT2D eigenvalue weighted by atomic mass is 16.6. The molecule has 1 aliphatic heterocycles. The van der Waals surface area contributed by atoms with Crippen LogP contribution in [0.25, 0.3) is 0 Å². The van der Waals surface area contributed by atoms with Crippen LogP contribution in [0.1, 0.15) is 27.0 Å². The number of benzene rings is 2. The van der Waals surface area contributed by atoms with Crippen molar-refractivity contribution in [1.82, 2.24) is 4.90 Å². The van der Waals surface area contributed by atoms with Crippen LogP contribution in [-0.4, -0.2) is 22.3 Å². The van der Waals surface area contributed by atoms with Gasteiger partial charge in [0.25, 0.3) is 5.69 Å². The SMILES string of the molecule is NC(=O)c1cccc(CN2CCc3ccc([N+](=O)[O-])cc3C2)c1. The van der Waals surface area contributed by atoms with E-state index in [9.17, 15) is 14.9 Å². The number of nitrogens with two attached hydrogens (primary N) is 1. The third kappa shape index (κ3) is 3.37. The van der Waals surface area contributed by atoms with Crippen LogP contribution < -0.4 is 5.73 Å². The summed E-state index contributed by atoms with van der Waals surface area (Å²) in [4.78, 5) is 24.0. The molecular weight excluding hydrogens is 294 g/mol. The van der Waals surface area contributed by atoms with E-state index in [1.165, 1.54) is 0 Å². The molecule has 0 unspecified atom stereocenters. The highest BCUT2D eigenvalue weighted by Crippen LogP contribution is 2.24. The van der Waals surface area contributed by atoms with E-state index in [1.54, 1.807) is 24.3 Å². The van der Waals surface area contributed by atoms with Crippen molar-refractivity contribution in [2.75, 3.05) is 6.54 Å². The quantitative estimate of drug-likeness (QED) is 0.692. The second-order valence-electron chi connectivity index (χ2n) is 5.74. The lowest BCUT2D eigenvalue weighted by atomic mass is 9.98. The Labute approximate surface area is 133 Å². The number of nitro benzene ring substituents is 1. The molecule has 0 aliphatic carbocycles. The first-order chi connectivity index (χ1) is 11.0. The largest absolute Gasteiger partial charge is 0.366 e. The summed E-state index contributed by atoms with van der Waals surface area (Å²) in [6.45, 7) is 2.23. The highest BCUT2D eigenvalue weighted by molar-refractivity contribution is 5.92. The summed E-state index contributed by atoms with van der Waals surface area (Å²) >= 11 is 0. The molecule has 1 aliphatic rings. The van der Waals surface area contributed by atoms with E-state index in [0.29, 0.717) is 18.7 Å². The molecule has 0 fully saturated rings. The minimum absolute atomic E-state index is 0.126. The van der Waals surface area contributed by atoms with Gasteiger partial charge in [-0.25, -0.2) is 0 Å². The topological polar surface area (TPSA) is 89.5 Å². The van der Waals surface area contributed by atoms with Crippen LogP contribution >= 0.6 is 0 Å². The molecule has 1 heterocycles. The van der Waals surface area contributed by atoms with Crippen LogP contribution in [0.5, 0.6) is 0 Å². The number of amides is 1. The number of non-ortho nitro benzene ring substituents is 1. The molecule has 6 heteroatoms. The predicted octanol–water partition coefficient (Wildman–Crippen LogP) is 2.25. The van der Waals surface area contributed by atoms with Crippen molar-refractivity contribution in [3.8, 4) is 0 Å². The van der Waals surface area contributed by atoms with Gasteiger partial charge in [0.1, 0.15) is 0 Å². The molecule has 0 spiro atoms. The zero-order chi connectivity index (χ0) is 16.4. The molecular formula is C17H17N3O3. The molecule has 6 nitrogen and oxygen atoms in total. The van der Waals surface area contributed by atoms with Crippen molar-refractivity contribution in [1.29, 1.82) is 0 Å². The van der Waals surface area contributed by atoms with Crippen LogP contribution in [0, 0.1) is 10.1 Å². The number of hydrogen-bond donors (Lipinski definition) is 1. The minimum atomic E-state index is -0.438. The smallest absolute Gasteiger partial charge is 0.269 e. The Morgan fingerprint density at radius 3 is 2.78 bits per heavy atom. The molecule has 2 N–H and O–H groups in total. The molecule has 0 aromatic heterocycles. The third-order valence-corrected chi connectivity index (χ3v) is 4.11. The molecule has 0 radical (unpaired) electrons. The second kappa shape index (κ2) is 6.18. The number of carbonyl (C=O) groups is 1. The minimum Gasteiger partial charge on any atom is -0.366 e. The van der Waals surface area contributed by atoms with Gasteiger partial charge in [-0.15, -0.1) is 0 Å². The normalized spacial score (nSPS) is 14.3. The van der Waals surface area contributed by atoms with Crippen molar-refractivity contribution in [3.63, 3.8) is 0 Å². The Morgan fingerprint density at radius 1 is 1.22 bits per heavy atom. The van der Waals surface area contributed by atoms with Crippen molar-refractivity contribution in [2.24, 2.45) is 5.73 Å². The van der Waals surface area contributed by atoms with Crippen molar-refractivity contribution in [2.45, 2.75) is 19.5 Å². The van der Waals surface area contributed by atoms with Crippen molar-refractivity contribution < 1.29 is 9.72 Å². The average Bonchev–Trinajstić information content (AvgIpc) is 2.54. The highest BCUT2D eigenvalue weighted by Gasteiger charge is 2.19. The van der Waals surface area contributed by atoms with Gasteiger partial charge in [0, 0.05) is 37.3 Å². The Hall–Kier alpha value is -2.73. The summed E-state index contributed by atoms with van der Waals surface area (Å²) in [5.74, 6) is -0.438. The maximum absolute atomic E-state index is 11.3. The molecule has 1 amide bonds. The Morgan fingerprint density at radius 2 is 2.04 bits per heavy atom. The first kappa shape index (κ1) is 15.2. The summed E-state index contributed by atoms with van der Waals surface area (Å²) < 4.78 is 0. The first-order valence-electron chi connectivity index (χ1n) is 7.40. The van der Waals surface area contributed by atoms with Gasteiger partial charge >= 0.3 is 0 Å². The maximum Gasteiger partial charge on any atom is 0.269 e. The molecule has 0 saturated carbocycles. The fourth-order valence-corrected chi connectivity index (χ4v) is 2.93. The van der Waals surface area contributed by atoms with Gasteiger partial charge in [-0.05, 0) is 35.2 Å². The van der Waals surface area contributed by atoms with E-state index < -0.39 is 5.91 Å². The summed E-state index contributed by atoms with van der Waals surface area (Å²) in [5, 5.41) is 10.9. The second-order valence-corrected chi connectivity index (χ2v) is 5.74. The van der Waals surface area contributed by atoms with Gasteiger partial charge in [0.2, 0.25) is 5.91 Å². The fourth-order valence-electron chi connectivity index (χ4n) is 2.93. The number of nitro groups is 1. The van der Waals surface area contributed by atoms with Crippen molar-refractivity contribution in [3.05, 3.63) is 74.8 Å². The van der Waals surface area contributed by atoms with Crippen LogP contribution in [0.2, 0.25) is 0 Å². The average molecular weight is 311 g/mol. The van der Waals surface area contributed by atoms with Crippen molar-refractivity contribution >= 4 is 11.6 Å². The van der Waals surface area contributed by atoms with Gasteiger partial charge in [-0.1, -0.05) is 18.2 Å². The number of fused-ring (bicyclic) bond motifs is 1. The summed E-state index contributed by atoms with van der Waals surface area (Å²) in [6, 6.07) is 12.3. The van der Waals surface area contributed by atoms with Gasteiger partial charge in [0.15, 0.2) is 0 Å². The van der Waals surface area contributed by atoms with E-state index >= 15 is 0 Å². The summed E-state index contributed by atoms with van der Waals surface area (Å²) in [5.41, 5.74) is 9.10. The molecule has 0 bridgehead atoms. The van der Waals surface area contributed by atoms with Gasteiger partial charge in [-0.2, -0.15) is 0 Å². The van der Waals surface area contributed by atoms with Gasteiger partial charge < -0.3 is 5.73 Å². The number of primary amides is 1. The zero-order valence-corrected chi connectivity index (χ0v) is 12.6. The van der Waals surface area contributed by atoms with E-state index in [4.69, 9.17) is 5.73 Å². The molecule has 2 aromatic carbocycles. The van der Waals surface area contributed by atoms with E-state index in [2.05, 4.69) is 4.90 Å². The monoisotopic (exact) mass is 311 g/mol. The van der Waals surface area contributed by atoms with Gasteiger partial charge in [0.05, 0.1) is 4.92 Å². The lowest BCUT2D eigenvalue weighted by Gasteiger charge is -2.28. The van der Waals surface area contributed by atoms with Crippen LogP contribution in [0.4, 0.5) is 5.69 Å². The third-order valence-electron chi connectivity index (χ3n) is 4.11. The van der Waals surface area contributed by atoms with E-state index in [1.807, 2.05) is 18.2 Å². The molecule has 3 rings (SSSR count). The lowest BCUT2D eigenvalue weighted by molar-refractivity contribution is -0.385. The van der Waals surface area contributed by atoms with Gasteiger partial charge in [-0.3, -0.25) is 19.8 Å². The Bertz CT molecular complexity index is 773. The molecule has 0 saturated heterocycles. The van der Waals surface area contributed by atoms with Crippen LogP contribution in [0.3, 0.4) is 0 Å². The first-order valence-corrected chi connectivity index (χ1v) is 7.40. The maximum atomic E-state index is 11.3. The standard InChI is InChI=1S/C17H17N3O3/c18-17(21)14-3-1-2-12(8-14)10-19-7-6-13-4-5-16(20(22)23)9-15(13)11-19/h1-5,8-9H,6-7,10-11H2,(H2,18,21). The molecule has 23 heavy (non-hydrogen) atoms. The van der Waals surface area contributed by atoms with E-state index in [0.717, 1.165) is 29.7 Å². The number of rotatable bonds is 4. The van der Waals surface area contributed by atoms with Crippen LogP contribution in [0.15, 0.2) is 42.5 Å². The number of hydrogen-bond acceptors (Lipinski definition) is 4. The zero-order valence-electron chi connectivity index (χ0n) is 12.6. The molecule has 0 atom stereocenters. The summed E-state index contributed by atoms with van der Waals surface area (Å²) in [6.07, 6.45) is 0.864. The Balaban J connectivity index is 1.76. The number of carbonyl (C=O) groups excluding carboxylic acids is 1. The van der Waals surface area contributed by atoms with E-state index in [-0.39, 0.29) is 10.6 Å². The molecule has 118 valence electrons. The lowest BCUT2D eigenvalue weighted by Crippen LogP contribution is -2.30. The fraction of sp³-hybridized carbons (Fsp3) is 0.235. The Kier molecular flexibility index (Phi) is 4.08. The number of nitrogens with zero attached hydrogens (tertiary/aromatic N) is 2. The molecule has 2 aromatic rings. The predicted molar refractivity (Wildman–Crippen MR) is 85.9 cm³/mol.